The minimum Gasteiger partial charge on any atom is -0.371 e. The molecule has 2 aliphatic rings. The largest absolute Gasteiger partial charge is 0.371 e. The molecule has 0 unspecified atom stereocenters. The lowest BCUT2D eigenvalue weighted by Crippen LogP contribution is -2.46. The molecule has 202 valence electrons. The summed E-state index contributed by atoms with van der Waals surface area (Å²) >= 11 is 0. The average molecular weight is 536 g/mol. The van der Waals surface area contributed by atoms with Gasteiger partial charge in [0.25, 0.3) is 0 Å². The first-order valence-corrected chi connectivity index (χ1v) is 13.2. The Morgan fingerprint density at radius 2 is 1.43 bits per heavy atom. The Kier molecular flexibility index (Phi) is 7.22. The minimum atomic E-state index is -0.362. The van der Waals surface area contributed by atoms with E-state index in [2.05, 4.69) is 57.3 Å². The van der Waals surface area contributed by atoms with E-state index < -0.39 is 0 Å². The van der Waals surface area contributed by atoms with Crippen LogP contribution in [0.2, 0.25) is 0 Å². The summed E-state index contributed by atoms with van der Waals surface area (Å²) < 4.78 is 12.0. The molecule has 4 aromatic rings. The molecule has 0 bridgehead atoms. The number of ketones is 1. The van der Waals surface area contributed by atoms with E-state index in [1.165, 1.54) is 12.5 Å². The third-order valence-electron chi connectivity index (χ3n) is 7.18. The Morgan fingerprint density at radius 1 is 0.775 bits per heavy atom. The summed E-state index contributed by atoms with van der Waals surface area (Å²) in [6, 6.07) is 26.4. The fourth-order valence-corrected chi connectivity index (χ4v) is 5.09. The van der Waals surface area contributed by atoms with Crippen LogP contribution in [0.1, 0.15) is 17.3 Å². The number of hydrogen-bond donors (Lipinski definition) is 3. The highest BCUT2D eigenvalue weighted by Crippen LogP contribution is 2.29. The Bertz CT molecular complexity index is 1490. The Hall–Kier alpha value is -4.60. The summed E-state index contributed by atoms with van der Waals surface area (Å²) in [5, 5.41) is 9.09. The van der Waals surface area contributed by atoms with Gasteiger partial charge in [-0.25, -0.2) is 14.8 Å². The molecule has 2 fully saturated rings. The lowest BCUT2D eigenvalue weighted by molar-refractivity contribution is 0.0683. The normalized spacial score (nSPS) is 21.4. The molecule has 3 aromatic carbocycles. The monoisotopic (exact) mass is 535 g/mol. The zero-order chi connectivity index (χ0) is 27.5. The van der Waals surface area contributed by atoms with Crippen LogP contribution < -0.4 is 16.0 Å². The van der Waals surface area contributed by atoms with Crippen LogP contribution in [0.5, 0.6) is 0 Å². The summed E-state index contributed by atoms with van der Waals surface area (Å²) in [7, 11) is 0. The number of Topliss-reactive ketones (excluding diaryl/α,β-unsaturated/α-hetero) is 1. The zero-order valence-corrected chi connectivity index (χ0v) is 21.9. The van der Waals surface area contributed by atoms with E-state index in [9.17, 15) is 9.59 Å². The molecule has 0 spiro atoms. The highest BCUT2D eigenvalue weighted by molar-refractivity contribution is 5.95. The first-order valence-electron chi connectivity index (χ1n) is 13.2. The highest BCUT2D eigenvalue weighted by atomic mass is 16.6. The number of anilines is 2. The van der Waals surface area contributed by atoms with Gasteiger partial charge in [0.2, 0.25) is 5.95 Å². The van der Waals surface area contributed by atoms with Crippen molar-refractivity contribution in [1.29, 1.82) is 0 Å². The predicted octanol–water partition coefficient (Wildman–Crippen LogP) is 4.78. The third-order valence-corrected chi connectivity index (χ3v) is 7.18. The number of ether oxygens (including phenoxy) is 2. The van der Waals surface area contributed by atoms with Gasteiger partial charge in [0.05, 0.1) is 31.0 Å². The van der Waals surface area contributed by atoms with E-state index in [1.54, 1.807) is 30.5 Å². The molecule has 9 nitrogen and oxygen atoms in total. The number of urea groups is 1. The van der Waals surface area contributed by atoms with Crippen molar-refractivity contribution in [2.45, 2.75) is 31.2 Å². The average Bonchev–Trinajstić information content (AvgIpc) is 3.57. The SMILES string of the molecule is CC(=O)c1ccc(NC(=O)N[C@H]2CO[C@H]3[C@@H]2OC[C@@H]3Nc2nccc(-c3ccc(-c4ccccc4)cc3)n2)cc1. The molecule has 4 atom stereocenters. The van der Waals surface area contributed by atoms with Crippen molar-refractivity contribution in [2.75, 3.05) is 23.8 Å². The van der Waals surface area contributed by atoms with Crippen molar-refractivity contribution in [2.24, 2.45) is 0 Å². The van der Waals surface area contributed by atoms with Gasteiger partial charge in [-0.05, 0) is 48.4 Å². The molecule has 3 N–H and O–H groups in total. The number of nitrogens with zero attached hydrogens (tertiary/aromatic N) is 2. The second-order valence-corrected chi connectivity index (χ2v) is 9.89. The van der Waals surface area contributed by atoms with Crippen molar-refractivity contribution in [1.82, 2.24) is 15.3 Å². The second kappa shape index (κ2) is 11.3. The Labute approximate surface area is 232 Å². The summed E-state index contributed by atoms with van der Waals surface area (Å²) in [5.41, 5.74) is 5.30. The summed E-state index contributed by atoms with van der Waals surface area (Å²) in [6.07, 6.45) is 1.19. The molecule has 6 rings (SSSR count). The lowest BCUT2D eigenvalue weighted by Gasteiger charge is -2.19. The number of nitrogens with one attached hydrogen (secondary N) is 3. The summed E-state index contributed by atoms with van der Waals surface area (Å²) in [4.78, 5) is 33.2. The van der Waals surface area contributed by atoms with E-state index in [4.69, 9.17) is 14.5 Å². The van der Waals surface area contributed by atoms with Gasteiger partial charge in [-0.1, -0.05) is 54.6 Å². The maximum atomic E-state index is 12.6. The predicted molar refractivity (Wildman–Crippen MR) is 152 cm³/mol. The molecule has 9 heteroatoms. The maximum Gasteiger partial charge on any atom is 0.319 e. The fourth-order valence-electron chi connectivity index (χ4n) is 5.09. The lowest BCUT2D eigenvalue weighted by atomic mass is 10.0. The maximum absolute atomic E-state index is 12.6. The van der Waals surface area contributed by atoms with Gasteiger partial charge in [0, 0.05) is 23.0 Å². The van der Waals surface area contributed by atoms with E-state index in [0.717, 1.165) is 16.8 Å². The number of benzene rings is 3. The van der Waals surface area contributed by atoms with Gasteiger partial charge in [-0.3, -0.25) is 4.79 Å². The van der Waals surface area contributed by atoms with Crippen LogP contribution in [0.15, 0.2) is 91.1 Å². The first kappa shape index (κ1) is 25.7. The zero-order valence-electron chi connectivity index (χ0n) is 21.9. The second-order valence-electron chi connectivity index (χ2n) is 9.89. The van der Waals surface area contributed by atoms with Gasteiger partial charge in [-0.15, -0.1) is 0 Å². The first-order chi connectivity index (χ1) is 19.5. The topological polar surface area (TPSA) is 114 Å². The van der Waals surface area contributed by atoms with Crippen LogP contribution in [0.3, 0.4) is 0 Å². The van der Waals surface area contributed by atoms with Crippen LogP contribution in [-0.4, -0.2) is 59.3 Å². The van der Waals surface area contributed by atoms with Crippen molar-refractivity contribution < 1.29 is 19.1 Å². The van der Waals surface area contributed by atoms with E-state index in [-0.39, 0.29) is 36.1 Å². The molecule has 40 heavy (non-hydrogen) atoms. The highest BCUT2D eigenvalue weighted by Gasteiger charge is 2.48. The molecular formula is C31H29N5O4. The number of carbonyl (C=O) groups is 2. The number of amides is 2. The van der Waals surface area contributed by atoms with Gasteiger partial charge in [0.1, 0.15) is 12.2 Å². The van der Waals surface area contributed by atoms with Crippen LogP contribution in [0.4, 0.5) is 16.4 Å². The van der Waals surface area contributed by atoms with Crippen molar-refractivity contribution >= 4 is 23.5 Å². The Balaban J connectivity index is 1.06. The van der Waals surface area contributed by atoms with Crippen molar-refractivity contribution in [3.8, 4) is 22.4 Å². The van der Waals surface area contributed by atoms with Gasteiger partial charge in [-0.2, -0.15) is 0 Å². The molecule has 0 saturated carbocycles. The van der Waals surface area contributed by atoms with E-state index in [1.807, 2.05) is 24.3 Å². The fraction of sp³-hybridized carbons (Fsp3) is 0.226. The number of aromatic nitrogens is 2. The molecule has 2 saturated heterocycles. The molecule has 0 aliphatic carbocycles. The molecule has 1 aromatic heterocycles. The molecular weight excluding hydrogens is 506 g/mol. The minimum absolute atomic E-state index is 0.0266. The molecule has 2 aliphatic heterocycles. The molecule has 2 amide bonds. The standard InChI is InChI=1S/C31H29N5O4/c1-19(37)20-11-13-24(14-12-20)33-31(38)36-27-18-40-28-26(17-39-29(27)28)35-30-32-16-15-25(34-30)23-9-7-22(8-10-23)21-5-3-2-4-6-21/h2-16,26-29H,17-18H2,1H3,(H,32,34,35)(H2,33,36,38)/t26-,27-,28+,29+/m0/s1. The third kappa shape index (κ3) is 5.56. The van der Waals surface area contributed by atoms with E-state index in [0.29, 0.717) is 30.4 Å². The van der Waals surface area contributed by atoms with Crippen LogP contribution >= 0.6 is 0 Å². The Morgan fingerprint density at radius 3 is 2.15 bits per heavy atom. The number of carbonyl (C=O) groups excluding carboxylic acids is 2. The summed E-state index contributed by atoms with van der Waals surface area (Å²) in [5.74, 6) is 0.465. The van der Waals surface area contributed by atoms with Crippen molar-refractivity contribution in [3.63, 3.8) is 0 Å². The van der Waals surface area contributed by atoms with Gasteiger partial charge < -0.3 is 25.4 Å². The van der Waals surface area contributed by atoms with Crippen LogP contribution in [-0.2, 0) is 9.47 Å². The number of hydrogen-bond acceptors (Lipinski definition) is 7. The van der Waals surface area contributed by atoms with Crippen LogP contribution in [0, 0.1) is 0 Å². The van der Waals surface area contributed by atoms with Gasteiger partial charge in [0.15, 0.2) is 5.78 Å². The molecule has 3 heterocycles. The quantitative estimate of drug-likeness (QED) is 0.292. The van der Waals surface area contributed by atoms with Crippen LogP contribution in [0.25, 0.3) is 22.4 Å². The molecule has 0 radical (unpaired) electrons. The van der Waals surface area contributed by atoms with Gasteiger partial charge >= 0.3 is 6.03 Å². The smallest absolute Gasteiger partial charge is 0.319 e. The number of rotatable bonds is 7. The number of fused-ring (bicyclic) bond motifs is 1. The van der Waals surface area contributed by atoms with Crippen molar-refractivity contribution in [3.05, 3.63) is 96.7 Å². The van der Waals surface area contributed by atoms with E-state index >= 15 is 0 Å². The summed E-state index contributed by atoms with van der Waals surface area (Å²) in [6.45, 7) is 2.24.